The fraction of sp³-hybridized carbons (Fsp3) is 0.356. The summed E-state index contributed by atoms with van der Waals surface area (Å²) < 4.78 is 0. The molecule has 9 heteroatoms. The Balaban J connectivity index is 0.899. The third-order valence-corrected chi connectivity index (χ3v) is 11.7. The Hall–Kier alpha value is -5.25. The van der Waals surface area contributed by atoms with Crippen molar-refractivity contribution in [3.63, 3.8) is 0 Å². The quantitative estimate of drug-likeness (QED) is 0.144. The van der Waals surface area contributed by atoms with Gasteiger partial charge in [-0.3, -0.25) is 19.3 Å². The third kappa shape index (κ3) is 7.06. The van der Waals surface area contributed by atoms with Gasteiger partial charge in [-0.2, -0.15) is 5.01 Å². The van der Waals surface area contributed by atoms with Crippen LogP contribution < -0.4 is 4.90 Å². The van der Waals surface area contributed by atoms with E-state index in [1.54, 1.807) is 18.2 Å². The number of phenolic OH excluding ortho intramolecular Hbond substituents is 1. The van der Waals surface area contributed by atoms with Crippen LogP contribution in [0.5, 0.6) is 5.75 Å². The lowest BCUT2D eigenvalue weighted by Gasteiger charge is -2.45. The number of carbonyl (C=O) groups is 3. The lowest BCUT2D eigenvalue weighted by atomic mass is 9.88. The molecule has 0 bridgehead atoms. The molecular weight excluding hydrogens is 675 g/mol. The van der Waals surface area contributed by atoms with Gasteiger partial charge in [0.2, 0.25) is 11.8 Å². The first-order valence-corrected chi connectivity index (χ1v) is 19.6. The number of allylic oxidation sites excluding steroid dienone is 1. The Labute approximate surface area is 318 Å². The van der Waals surface area contributed by atoms with Gasteiger partial charge in [0, 0.05) is 75.5 Å². The van der Waals surface area contributed by atoms with Crippen molar-refractivity contribution in [1.82, 2.24) is 19.8 Å². The predicted octanol–water partition coefficient (Wildman–Crippen LogP) is 7.20. The van der Waals surface area contributed by atoms with Crippen LogP contribution in [0, 0.1) is 5.92 Å². The van der Waals surface area contributed by atoms with E-state index in [0.29, 0.717) is 17.9 Å². The SMILES string of the molecule is CC/C(=C(\c1ccc(O)cc1)c1ccc(N2CCC(CN3CCN([C@@H]4c5ccccc5C(=O)N4N4C(=O)CCCC4=O)CC3)CC2)cc1)c1ccccc1. The summed E-state index contributed by atoms with van der Waals surface area (Å²) >= 11 is 0. The van der Waals surface area contributed by atoms with Crippen molar-refractivity contribution in [2.75, 3.05) is 50.7 Å². The number of piperazine rings is 1. The first-order chi connectivity index (χ1) is 26.4. The zero-order valence-corrected chi connectivity index (χ0v) is 31.1. The molecule has 9 nitrogen and oxygen atoms in total. The highest BCUT2D eigenvalue weighted by atomic mass is 16.3. The van der Waals surface area contributed by atoms with E-state index in [1.807, 2.05) is 30.3 Å². The second kappa shape index (κ2) is 15.6. The molecule has 4 aromatic rings. The number of fused-ring (bicyclic) bond motifs is 1. The lowest BCUT2D eigenvalue weighted by Crippen LogP contribution is -2.58. The number of phenols is 1. The molecule has 0 aliphatic carbocycles. The number of aromatic hydroxyl groups is 1. The minimum absolute atomic E-state index is 0.266. The highest BCUT2D eigenvalue weighted by Crippen LogP contribution is 2.40. The molecule has 4 aromatic carbocycles. The number of piperidine rings is 2. The minimum Gasteiger partial charge on any atom is -0.508 e. The molecule has 0 spiro atoms. The van der Waals surface area contributed by atoms with E-state index < -0.39 is 6.17 Å². The molecular formula is C45H49N5O4. The monoisotopic (exact) mass is 723 g/mol. The van der Waals surface area contributed by atoms with Crippen molar-refractivity contribution < 1.29 is 19.5 Å². The number of carbonyl (C=O) groups excluding carboxylic acids is 3. The summed E-state index contributed by atoms with van der Waals surface area (Å²) in [5.74, 6) is 0.0327. The summed E-state index contributed by atoms with van der Waals surface area (Å²) in [6.07, 6.45) is 3.80. The minimum atomic E-state index is -0.448. The fourth-order valence-electron chi connectivity index (χ4n) is 8.89. The summed E-state index contributed by atoms with van der Waals surface area (Å²) in [6.45, 7) is 8.56. The van der Waals surface area contributed by atoms with Crippen molar-refractivity contribution in [3.8, 4) is 5.75 Å². The molecule has 1 N–H and O–H groups in total. The highest BCUT2D eigenvalue weighted by molar-refractivity contribution is 6.05. The average molecular weight is 724 g/mol. The molecule has 4 heterocycles. The van der Waals surface area contributed by atoms with Crippen LogP contribution in [0.2, 0.25) is 0 Å². The predicted molar refractivity (Wildman–Crippen MR) is 211 cm³/mol. The van der Waals surface area contributed by atoms with Crippen LogP contribution in [0.1, 0.15) is 84.2 Å². The molecule has 8 rings (SSSR count). The molecule has 3 fully saturated rings. The molecule has 278 valence electrons. The zero-order valence-electron chi connectivity index (χ0n) is 31.1. The maximum atomic E-state index is 13.6. The summed E-state index contributed by atoms with van der Waals surface area (Å²) in [5.41, 5.74) is 8.63. The Kier molecular flexibility index (Phi) is 10.3. The molecule has 3 amide bonds. The van der Waals surface area contributed by atoms with Crippen LogP contribution in [0.25, 0.3) is 11.1 Å². The first kappa shape index (κ1) is 35.8. The van der Waals surface area contributed by atoms with Crippen molar-refractivity contribution in [3.05, 3.63) is 131 Å². The second-order valence-corrected chi connectivity index (χ2v) is 15.0. The van der Waals surface area contributed by atoms with E-state index in [2.05, 4.69) is 76.2 Å². The second-order valence-electron chi connectivity index (χ2n) is 15.0. The molecule has 0 unspecified atom stereocenters. The molecule has 4 aliphatic rings. The van der Waals surface area contributed by atoms with Crippen LogP contribution >= 0.6 is 0 Å². The number of anilines is 1. The fourth-order valence-corrected chi connectivity index (χ4v) is 8.89. The van der Waals surface area contributed by atoms with Crippen LogP contribution in [-0.4, -0.2) is 88.5 Å². The number of amides is 3. The zero-order chi connectivity index (χ0) is 37.2. The Bertz CT molecular complexity index is 2000. The van der Waals surface area contributed by atoms with Gasteiger partial charge in [0.1, 0.15) is 11.9 Å². The van der Waals surface area contributed by atoms with Crippen LogP contribution in [-0.2, 0) is 9.59 Å². The van der Waals surface area contributed by atoms with Gasteiger partial charge in [0.05, 0.1) is 0 Å². The van der Waals surface area contributed by atoms with Crippen molar-refractivity contribution in [2.45, 2.75) is 51.6 Å². The highest BCUT2D eigenvalue weighted by Gasteiger charge is 2.48. The largest absolute Gasteiger partial charge is 0.508 e. The average Bonchev–Trinajstić information content (AvgIpc) is 3.49. The third-order valence-electron chi connectivity index (χ3n) is 11.7. The molecule has 0 radical (unpaired) electrons. The summed E-state index contributed by atoms with van der Waals surface area (Å²) in [5, 5.41) is 12.6. The van der Waals surface area contributed by atoms with E-state index in [1.165, 1.54) is 33.0 Å². The van der Waals surface area contributed by atoms with Gasteiger partial charge >= 0.3 is 0 Å². The van der Waals surface area contributed by atoms with Crippen molar-refractivity contribution in [2.24, 2.45) is 5.92 Å². The van der Waals surface area contributed by atoms with Gasteiger partial charge in [-0.05, 0) is 89.8 Å². The van der Waals surface area contributed by atoms with Gasteiger partial charge in [-0.1, -0.05) is 79.7 Å². The molecule has 0 aromatic heterocycles. The molecule has 0 saturated carbocycles. The topological polar surface area (TPSA) is 87.6 Å². The van der Waals surface area contributed by atoms with E-state index in [9.17, 15) is 19.5 Å². The number of hydrazine groups is 1. The standard InChI is InChI=1S/C45H49N5O4/c1-2-38(33-9-4-3-5-10-33)43(35-17-21-37(51)22-18-35)34-15-19-36(20-16-34)47-25-23-32(24-26-47)31-46-27-29-48(30-28-46)44-39-11-6-7-12-40(39)45(54)50(44)49-41(52)13-8-14-42(49)53/h3-7,9-12,15-22,32,44,51H,2,8,13-14,23-31H2,1H3/b43-38+/t44-/m0/s1. The number of hydrogen-bond donors (Lipinski definition) is 1. The molecule has 1 atom stereocenters. The maximum Gasteiger partial charge on any atom is 0.275 e. The van der Waals surface area contributed by atoms with Gasteiger partial charge in [0.15, 0.2) is 0 Å². The Morgan fingerprint density at radius 3 is 1.94 bits per heavy atom. The van der Waals surface area contributed by atoms with Crippen LogP contribution in [0.4, 0.5) is 5.69 Å². The van der Waals surface area contributed by atoms with Crippen LogP contribution in [0.15, 0.2) is 103 Å². The van der Waals surface area contributed by atoms with Crippen LogP contribution in [0.3, 0.4) is 0 Å². The van der Waals surface area contributed by atoms with Gasteiger partial charge in [-0.15, -0.1) is 0 Å². The normalized spacial score (nSPS) is 20.7. The number of imide groups is 1. The Morgan fingerprint density at radius 1 is 0.685 bits per heavy atom. The lowest BCUT2D eigenvalue weighted by molar-refractivity contribution is -0.172. The summed E-state index contributed by atoms with van der Waals surface area (Å²) in [7, 11) is 0. The van der Waals surface area contributed by atoms with E-state index in [4.69, 9.17) is 0 Å². The summed E-state index contributed by atoms with van der Waals surface area (Å²) in [6, 6.07) is 34.7. The molecule has 54 heavy (non-hydrogen) atoms. The molecule has 4 aliphatic heterocycles. The Morgan fingerprint density at radius 2 is 1.30 bits per heavy atom. The number of benzene rings is 4. The number of rotatable bonds is 9. The first-order valence-electron chi connectivity index (χ1n) is 19.6. The van der Waals surface area contributed by atoms with E-state index >= 15 is 0 Å². The smallest absolute Gasteiger partial charge is 0.275 e. The van der Waals surface area contributed by atoms with Gasteiger partial charge < -0.3 is 14.9 Å². The van der Waals surface area contributed by atoms with E-state index in [-0.39, 0.29) is 36.3 Å². The van der Waals surface area contributed by atoms with E-state index in [0.717, 1.165) is 81.2 Å². The number of nitrogens with zero attached hydrogens (tertiary/aromatic N) is 5. The van der Waals surface area contributed by atoms with Gasteiger partial charge in [0.25, 0.3) is 5.91 Å². The molecule has 3 saturated heterocycles. The van der Waals surface area contributed by atoms with Gasteiger partial charge in [-0.25, -0.2) is 5.01 Å². The van der Waals surface area contributed by atoms with Crippen molar-refractivity contribution >= 4 is 34.6 Å². The number of hydrogen-bond acceptors (Lipinski definition) is 7. The summed E-state index contributed by atoms with van der Waals surface area (Å²) in [4.78, 5) is 46.9. The maximum absolute atomic E-state index is 13.6. The van der Waals surface area contributed by atoms with Crippen molar-refractivity contribution in [1.29, 1.82) is 0 Å².